The first-order valence-electron chi connectivity index (χ1n) is 6.86. The predicted octanol–water partition coefficient (Wildman–Crippen LogP) is 0.542. The molecule has 6 nitrogen and oxygen atoms in total. The Hall–Kier alpha value is -0.0900. The van der Waals surface area contributed by atoms with Gasteiger partial charge in [-0.15, -0.1) is 24.0 Å². The summed E-state index contributed by atoms with van der Waals surface area (Å²) in [7, 11) is -3.02. The average Bonchev–Trinajstić information content (AvgIpc) is 2.25. The normalized spacial score (nSPS) is 23.3. The van der Waals surface area contributed by atoms with Gasteiger partial charge >= 0.3 is 0 Å². The molecule has 0 amide bonds. The van der Waals surface area contributed by atoms with Gasteiger partial charge in [-0.25, -0.2) is 12.7 Å². The third kappa shape index (κ3) is 4.73. The number of rotatable bonds is 3. The average molecular weight is 416 g/mol. The van der Waals surface area contributed by atoms with E-state index in [-0.39, 0.29) is 24.0 Å². The van der Waals surface area contributed by atoms with Gasteiger partial charge in [0.2, 0.25) is 10.0 Å². The fourth-order valence-electron chi connectivity index (χ4n) is 2.47. The Balaban J connectivity index is 0.00000200. The van der Waals surface area contributed by atoms with Crippen molar-refractivity contribution >= 4 is 40.0 Å². The van der Waals surface area contributed by atoms with Crippen LogP contribution < -0.4 is 5.73 Å². The van der Waals surface area contributed by atoms with Crippen molar-refractivity contribution in [1.29, 1.82) is 0 Å². The minimum atomic E-state index is -3.02. The number of hydrogen-bond donors (Lipinski definition) is 1. The number of likely N-dealkylation sites (tertiary alicyclic amines) is 1. The van der Waals surface area contributed by atoms with Crippen LogP contribution in [0.5, 0.6) is 0 Å². The van der Waals surface area contributed by atoms with Crippen molar-refractivity contribution in [3.63, 3.8) is 0 Å². The third-order valence-electron chi connectivity index (χ3n) is 4.01. The highest BCUT2D eigenvalue weighted by Gasteiger charge is 2.32. The van der Waals surface area contributed by atoms with Gasteiger partial charge in [-0.2, -0.15) is 0 Å². The van der Waals surface area contributed by atoms with Crippen LogP contribution in [0.25, 0.3) is 0 Å². The van der Waals surface area contributed by atoms with E-state index in [0.717, 1.165) is 19.0 Å². The fraction of sp³-hybridized carbons (Fsp3) is 0.917. The quantitative estimate of drug-likeness (QED) is 0.414. The second-order valence-corrected chi connectivity index (χ2v) is 7.80. The Morgan fingerprint density at radius 3 is 2.35 bits per heavy atom. The summed E-state index contributed by atoms with van der Waals surface area (Å²) < 4.78 is 23.9. The summed E-state index contributed by atoms with van der Waals surface area (Å²) in [5.74, 6) is 1.71. The molecule has 20 heavy (non-hydrogen) atoms. The predicted molar refractivity (Wildman–Crippen MR) is 91.8 cm³/mol. The van der Waals surface area contributed by atoms with Crippen molar-refractivity contribution < 1.29 is 8.42 Å². The number of sulfonamides is 1. The van der Waals surface area contributed by atoms with Crippen molar-refractivity contribution in [1.82, 2.24) is 9.21 Å². The van der Waals surface area contributed by atoms with E-state index in [2.05, 4.69) is 16.8 Å². The second kappa shape index (κ2) is 7.26. The highest BCUT2D eigenvalue weighted by atomic mass is 127. The summed E-state index contributed by atoms with van der Waals surface area (Å²) in [4.78, 5) is 6.54. The van der Waals surface area contributed by atoms with Gasteiger partial charge in [0.05, 0.1) is 6.26 Å². The van der Waals surface area contributed by atoms with Gasteiger partial charge in [0.1, 0.15) is 0 Å². The first-order chi connectivity index (χ1) is 8.86. The van der Waals surface area contributed by atoms with E-state index in [1.807, 2.05) is 0 Å². The molecule has 2 rings (SSSR count). The van der Waals surface area contributed by atoms with Gasteiger partial charge in [-0.1, -0.05) is 6.92 Å². The molecular weight excluding hydrogens is 391 g/mol. The SMILES string of the molecule is CC1CCN(C(N)=NCC2CN(S(C)(=O)=O)C2)CC1.I. The first-order valence-corrected chi connectivity index (χ1v) is 8.71. The van der Waals surface area contributed by atoms with Crippen LogP contribution in [0.2, 0.25) is 0 Å². The van der Waals surface area contributed by atoms with Crippen LogP contribution in [0.15, 0.2) is 4.99 Å². The van der Waals surface area contributed by atoms with Crippen LogP contribution in [0.4, 0.5) is 0 Å². The molecule has 0 bridgehead atoms. The van der Waals surface area contributed by atoms with Crippen LogP contribution in [0, 0.1) is 11.8 Å². The van der Waals surface area contributed by atoms with Crippen molar-refractivity contribution in [2.75, 3.05) is 39.0 Å². The second-order valence-electron chi connectivity index (χ2n) is 5.81. The molecule has 0 saturated carbocycles. The minimum Gasteiger partial charge on any atom is -0.370 e. The van der Waals surface area contributed by atoms with E-state index in [0.29, 0.717) is 31.5 Å². The molecule has 0 aromatic rings. The molecule has 0 spiro atoms. The fourth-order valence-corrected chi connectivity index (χ4v) is 3.43. The summed E-state index contributed by atoms with van der Waals surface area (Å²) >= 11 is 0. The number of hydrogen-bond acceptors (Lipinski definition) is 3. The van der Waals surface area contributed by atoms with E-state index in [4.69, 9.17) is 5.73 Å². The number of guanidine groups is 1. The summed E-state index contributed by atoms with van der Waals surface area (Å²) in [5.41, 5.74) is 5.99. The molecule has 0 radical (unpaired) electrons. The highest BCUT2D eigenvalue weighted by Crippen LogP contribution is 2.19. The number of nitrogens with two attached hydrogens (primary N) is 1. The van der Waals surface area contributed by atoms with Crippen molar-refractivity contribution in [3.8, 4) is 0 Å². The van der Waals surface area contributed by atoms with E-state index in [9.17, 15) is 8.42 Å². The minimum absolute atomic E-state index is 0. The Morgan fingerprint density at radius 2 is 1.85 bits per heavy atom. The lowest BCUT2D eigenvalue weighted by atomic mass is 9.99. The molecule has 8 heteroatoms. The smallest absolute Gasteiger partial charge is 0.211 e. The van der Waals surface area contributed by atoms with Crippen LogP contribution in [0.3, 0.4) is 0 Å². The first kappa shape index (κ1) is 18.0. The topological polar surface area (TPSA) is 79.0 Å². The zero-order chi connectivity index (χ0) is 14.0. The number of aliphatic imine (C=N–C) groups is 1. The van der Waals surface area contributed by atoms with Gasteiger partial charge in [-0.05, 0) is 18.8 Å². The Bertz CT molecular complexity index is 440. The Labute approximate surface area is 138 Å². The Morgan fingerprint density at radius 1 is 1.30 bits per heavy atom. The van der Waals surface area contributed by atoms with Crippen LogP contribution >= 0.6 is 24.0 Å². The van der Waals surface area contributed by atoms with Crippen LogP contribution in [-0.4, -0.2) is 62.6 Å². The van der Waals surface area contributed by atoms with Gasteiger partial charge < -0.3 is 10.6 Å². The summed E-state index contributed by atoms with van der Waals surface area (Å²) in [5, 5.41) is 0. The lowest BCUT2D eigenvalue weighted by Crippen LogP contribution is -2.51. The standard InChI is InChI=1S/C12H24N4O2S.HI/c1-10-3-5-15(6-4-10)12(13)14-7-11-8-16(9-11)19(2,17)18;/h10-11H,3-9H2,1-2H3,(H2,13,14);1H. The van der Waals surface area contributed by atoms with Crippen molar-refractivity contribution in [2.45, 2.75) is 19.8 Å². The molecule has 0 aromatic heterocycles. The maximum Gasteiger partial charge on any atom is 0.211 e. The molecule has 0 aliphatic carbocycles. The molecule has 2 heterocycles. The maximum atomic E-state index is 11.2. The van der Waals surface area contributed by atoms with E-state index in [1.165, 1.54) is 23.4 Å². The van der Waals surface area contributed by atoms with E-state index < -0.39 is 10.0 Å². The zero-order valence-electron chi connectivity index (χ0n) is 12.2. The third-order valence-corrected chi connectivity index (χ3v) is 5.25. The molecule has 2 aliphatic rings. The summed E-state index contributed by atoms with van der Waals surface area (Å²) in [6.45, 7) is 6.01. The maximum absolute atomic E-state index is 11.2. The van der Waals surface area contributed by atoms with E-state index in [1.54, 1.807) is 0 Å². The number of nitrogens with zero attached hydrogens (tertiary/aromatic N) is 3. The zero-order valence-corrected chi connectivity index (χ0v) is 15.3. The molecule has 0 aromatic carbocycles. The molecule has 2 saturated heterocycles. The van der Waals surface area contributed by atoms with Gasteiger partial charge in [0.25, 0.3) is 0 Å². The molecule has 2 N–H and O–H groups in total. The molecular formula is C12H25IN4O2S. The monoisotopic (exact) mass is 416 g/mol. The largest absolute Gasteiger partial charge is 0.370 e. The Kier molecular flexibility index (Phi) is 6.52. The van der Waals surface area contributed by atoms with Crippen LogP contribution in [0.1, 0.15) is 19.8 Å². The van der Waals surface area contributed by atoms with Gasteiger partial charge in [0, 0.05) is 38.6 Å². The highest BCUT2D eigenvalue weighted by molar-refractivity contribution is 14.0. The summed E-state index contributed by atoms with van der Waals surface area (Å²) in [6.07, 6.45) is 3.58. The molecule has 0 atom stereocenters. The number of piperidine rings is 1. The van der Waals surface area contributed by atoms with Crippen molar-refractivity contribution in [3.05, 3.63) is 0 Å². The van der Waals surface area contributed by atoms with Gasteiger partial charge in [-0.3, -0.25) is 4.99 Å². The van der Waals surface area contributed by atoms with Crippen molar-refractivity contribution in [2.24, 2.45) is 22.6 Å². The van der Waals surface area contributed by atoms with E-state index >= 15 is 0 Å². The lowest BCUT2D eigenvalue weighted by molar-refractivity contribution is 0.208. The molecule has 118 valence electrons. The molecule has 2 fully saturated rings. The molecule has 2 aliphatic heterocycles. The van der Waals surface area contributed by atoms with Gasteiger partial charge in [0.15, 0.2) is 5.96 Å². The lowest BCUT2D eigenvalue weighted by Gasteiger charge is -2.36. The number of halogens is 1. The van der Waals surface area contributed by atoms with Crippen LogP contribution in [-0.2, 0) is 10.0 Å². The summed E-state index contributed by atoms with van der Waals surface area (Å²) in [6, 6.07) is 0. The molecule has 0 unspecified atom stereocenters.